The molecule has 0 heterocycles. The summed E-state index contributed by atoms with van der Waals surface area (Å²) in [5.41, 5.74) is 0.715. The molecule has 0 aromatic heterocycles. The molecule has 0 spiro atoms. The van der Waals surface area contributed by atoms with E-state index in [4.69, 9.17) is 4.74 Å². The summed E-state index contributed by atoms with van der Waals surface area (Å²) in [6.07, 6.45) is 0.694. The highest BCUT2D eigenvalue weighted by Crippen LogP contribution is 1.91. The Morgan fingerprint density at radius 2 is 2.38 bits per heavy atom. The van der Waals surface area contributed by atoms with E-state index in [0.717, 1.165) is 0 Å². The summed E-state index contributed by atoms with van der Waals surface area (Å²) in [5.74, 6) is 1.79. The van der Waals surface area contributed by atoms with E-state index in [-0.39, 0.29) is 0 Å². The highest BCUT2D eigenvalue weighted by Gasteiger charge is 1.86. The Morgan fingerprint density at radius 3 is 2.75 bits per heavy atom. The van der Waals surface area contributed by atoms with Crippen LogP contribution in [-0.4, -0.2) is 19.7 Å². The molecule has 0 rings (SSSR count). The molecule has 0 radical (unpaired) electrons. The van der Waals surface area contributed by atoms with Gasteiger partial charge < -0.3 is 4.74 Å². The van der Waals surface area contributed by atoms with Gasteiger partial charge in [0.05, 0.1) is 6.61 Å². The van der Waals surface area contributed by atoms with Crippen molar-refractivity contribution in [3.8, 4) is 0 Å². The predicted octanol–water partition coefficient (Wildman–Crippen LogP) is 0.801. The minimum Gasteiger partial charge on any atom is -0.384 e. The largest absolute Gasteiger partial charge is 0.384 e. The van der Waals surface area contributed by atoms with Crippen molar-refractivity contribution in [1.29, 1.82) is 0 Å². The van der Waals surface area contributed by atoms with Gasteiger partial charge in [-0.3, -0.25) is 0 Å². The third kappa shape index (κ3) is 3.59. The zero-order chi connectivity index (χ0) is 6.41. The molecule has 0 aliphatic rings. The molecule has 0 aromatic rings. The Kier molecular flexibility index (Phi) is 4.23. The fraction of sp³-hybridized carbons (Fsp3) is 0.667. The number of ether oxygens (including phenoxy) is 1. The van der Waals surface area contributed by atoms with Crippen molar-refractivity contribution < 1.29 is 9.53 Å². The average Bonchev–Trinajstić information content (AvgIpc) is 1.83. The van der Waals surface area contributed by atoms with Crippen molar-refractivity contribution >= 4 is 5.94 Å². The van der Waals surface area contributed by atoms with Gasteiger partial charge in [-0.05, 0) is 6.92 Å². The zero-order valence-corrected chi connectivity index (χ0v) is 5.23. The van der Waals surface area contributed by atoms with Crippen molar-refractivity contribution in [2.24, 2.45) is 0 Å². The number of rotatable bonds is 3. The fourth-order valence-corrected chi connectivity index (χ4v) is 0.306. The van der Waals surface area contributed by atoms with Crippen molar-refractivity contribution in [3.05, 3.63) is 5.57 Å². The van der Waals surface area contributed by atoms with E-state index in [1.165, 1.54) is 0 Å². The smallest absolute Gasteiger partial charge is 0.123 e. The first-order valence-electron chi connectivity index (χ1n) is 2.50. The van der Waals surface area contributed by atoms with Crippen LogP contribution >= 0.6 is 0 Å². The van der Waals surface area contributed by atoms with Gasteiger partial charge in [-0.1, -0.05) is 0 Å². The normalized spacial score (nSPS) is 8.25. The van der Waals surface area contributed by atoms with E-state index < -0.39 is 0 Å². The molecule has 0 atom stereocenters. The molecule has 0 saturated heterocycles. The van der Waals surface area contributed by atoms with Crippen LogP contribution in [0.3, 0.4) is 0 Å². The van der Waals surface area contributed by atoms with Crippen LogP contribution in [0.4, 0.5) is 0 Å². The Bertz CT molecular complexity index is 101. The van der Waals surface area contributed by atoms with E-state index in [9.17, 15) is 4.79 Å². The van der Waals surface area contributed by atoms with Gasteiger partial charge in [-0.25, -0.2) is 4.79 Å². The van der Waals surface area contributed by atoms with Crippen molar-refractivity contribution in [3.63, 3.8) is 0 Å². The standard InChI is InChI=1S/C6H10O2/c1-6(5-7)3-4-8-2/h3-4H2,1-2H3. The lowest BCUT2D eigenvalue weighted by Gasteiger charge is -1.91. The molecule has 0 aliphatic carbocycles. The summed E-state index contributed by atoms with van der Waals surface area (Å²) in [4.78, 5) is 9.79. The van der Waals surface area contributed by atoms with Gasteiger partial charge in [0.25, 0.3) is 0 Å². The van der Waals surface area contributed by atoms with E-state index in [1.807, 2.05) is 0 Å². The maximum atomic E-state index is 9.79. The summed E-state index contributed by atoms with van der Waals surface area (Å²) in [7, 11) is 1.61. The first kappa shape index (κ1) is 7.41. The fourth-order valence-electron chi connectivity index (χ4n) is 0.306. The van der Waals surface area contributed by atoms with Crippen LogP contribution in [0.1, 0.15) is 13.3 Å². The second-order valence-corrected chi connectivity index (χ2v) is 1.63. The second-order valence-electron chi connectivity index (χ2n) is 1.63. The Balaban J connectivity index is 3.26. The number of methoxy groups -OCH3 is 1. The highest BCUT2D eigenvalue weighted by molar-refractivity contribution is 5.50. The second kappa shape index (κ2) is 4.57. The van der Waals surface area contributed by atoms with Crippen LogP contribution in [0.5, 0.6) is 0 Å². The van der Waals surface area contributed by atoms with Crippen molar-refractivity contribution in [2.75, 3.05) is 13.7 Å². The first-order valence-corrected chi connectivity index (χ1v) is 2.50. The Labute approximate surface area is 49.1 Å². The lowest BCUT2D eigenvalue weighted by atomic mass is 10.3. The summed E-state index contributed by atoms with van der Waals surface area (Å²) < 4.78 is 4.71. The van der Waals surface area contributed by atoms with Gasteiger partial charge in [-0.15, -0.1) is 0 Å². The molecule has 8 heavy (non-hydrogen) atoms. The summed E-state index contributed by atoms with van der Waals surface area (Å²) >= 11 is 0. The van der Waals surface area contributed by atoms with Crippen LogP contribution in [0.15, 0.2) is 5.57 Å². The topological polar surface area (TPSA) is 26.3 Å². The highest BCUT2D eigenvalue weighted by atomic mass is 16.5. The lowest BCUT2D eigenvalue weighted by molar-refractivity contribution is 0.202. The SMILES string of the molecule is COCCC(C)=C=O. The Morgan fingerprint density at radius 1 is 1.75 bits per heavy atom. The maximum Gasteiger partial charge on any atom is 0.123 e. The van der Waals surface area contributed by atoms with E-state index in [2.05, 4.69) is 0 Å². The van der Waals surface area contributed by atoms with E-state index in [0.29, 0.717) is 18.6 Å². The first-order chi connectivity index (χ1) is 3.81. The van der Waals surface area contributed by atoms with E-state index >= 15 is 0 Å². The van der Waals surface area contributed by atoms with Crippen molar-refractivity contribution in [1.82, 2.24) is 0 Å². The minimum absolute atomic E-state index is 0.612. The maximum absolute atomic E-state index is 9.79. The molecule has 0 aliphatic heterocycles. The van der Waals surface area contributed by atoms with Gasteiger partial charge in [0, 0.05) is 19.1 Å². The monoisotopic (exact) mass is 114 g/mol. The molecule has 0 bridgehead atoms. The van der Waals surface area contributed by atoms with Crippen LogP contribution in [0.2, 0.25) is 0 Å². The number of hydrogen-bond donors (Lipinski definition) is 0. The molecule has 46 valence electrons. The summed E-state index contributed by atoms with van der Waals surface area (Å²) in [6, 6.07) is 0. The lowest BCUT2D eigenvalue weighted by Crippen LogP contribution is -1.88. The molecular formula is C6H10O2. The summed E-state index contributed by atoms with van der Waals surface area (Å²) in [5, 5.41) is 0. The molecule has 0 fully saturated rings. The molecule has 0 unspecified atom stereocenters. The molecule has 2 nitrogen and oxygen atoms in total. The van der Waals surface area contributed by atoms with Gasteiger partial charge in [0.2, 0.25) is 0 Å². The van der Waals surface area contributed by atoms with Crippen LogP contribution in [0.25, 0.3) is 0 Å². The molecule has 0 aromatic carbocycles. The van der Waals surface area contributed by atoms with Gasteiger partial charge in [-0.2, -0.15) is 0 Å². The number of hydrogen-bond acceptors (Lipinski definition) is 2. The van der Waals surface area contributed by atoms with Crippen LogP contribution in [-0.2, 0) is 9.53 Å². The molecular weight excluding hydrogens is 104 g/mol. The van der Waals surface area contributed by atoms with Gasteiger partial charge in [0.1, 0.15) is 5.94 Å². The average molecular weight is 114 g/mol. The van der Waals surface area contributed by atoms with Crippen LogP contribution < -0.4 is 0 Å². The number of carbonyl (C=O) groups excluding carboxylic acids is 1. The molecule has 0 N–H and O–H groups in total. The van der Waals surface area contributed by atoms with Gasteiger partial charge in [0.15, 0.2) is 0 Å². The van der Waals surface area contributed by atoms with Crippen LogP contribution in [0, 0.1) is 0 Å². The predicted molar refractivity (Wildman–Crippen MR) is 31.4 cm³/mol. The minimum atomic E-state index is 0.612. The quantitative estimate of drug-likeness (QED) is 0.507. The Hall–Kier alpha value is -0.590. The molecule has 0 saturated carbocycles. The van der Waals surface area contributed by atoms with Gasteiger partial charge >= 0.3 is 0 Å². The third-order valence-corrected chi connectivity index (χ3v) is 0.855. The zero-order valence-electron chi connectivity index (χ0n) is 5.23. The van der Waals surface area contributed by atoms with E-state index in [1.54, 1.807) is 20.0 Å². The van der Waals surface area contributed by atoms with Crippen molar-refractivity contribution in [2.45, 2.75) is 13.3 Å². The molecule has 0 amide bonds. The summed E-state index contributed by atoms with van der Waals surface area (Å²) in [6.45, 7) is 2.35. The molecule has 2 heteroatoms. The third-order valence-electron chi connectivity index (χ3n) is 0.855.